The van der Waals surface area contributed by atoms with Gasteiger partial charge in [-0.2, -0.15) is 5.10 Å². The first kappa shape index (κ1) is 12.0. The number of rotatable bonds is 3. The van der Waals surface area contributed by atoms with Crippen LogP contribution in [0.3, 0.4) is 0 Å². The fraction of sp³-hybridized carbons (Fsp3) is 0.273. The van der Waals surface area contributed by atoms with Gasteiger partial charge in [-0.3, -0.25) is 0 Å². The molecule has 0 aliphatic rings. The van der Waals surface area contributed by atoms with Crippen LogP contribution >= 0.6 is 0 Å². The van der Waals surface area contributed by atoms with Crippen LogP contribution in [0.1, 0.15) is 27.8 Å². The van der Waals surface area contributed by atoms with E-state index in [-0.39, 0.29) is 17.9 Å². The molecule has 0 spiro atoms. The quantitative estimate of drug-likeness (QED) is 0.744. The van der Waals surface area contributed by atoms with Gasteiger partial charge in [-0.05, 0) is 19.1 Å². The molecule has 7 heteroatoms. The molecule has 0 amide bonds. The second-order valence-corrected chi connectivity index (χ2v) is 3.33. The number of esters is 2. The van der Waals surface area contributed by atoms with Crippen LogP contribution in [-0.2, 0) is 9.47 Å². The standard InChI is InChI=1S/C11H11N3O4/c1-3-18-11(16)9-8(10(15)17-2)7-5-4-6-12-14(7)13-9/h4-6H,3H2,1-2H3. The van der Waals surface area contributed by atoms with E-state index in [9.17, 15) is 9.59 Å². The van der Waals surface area contributed by atoms with Crippen LogP contribution in [0.5, 0.6) is 0 Å². The molecule has 2 rings (SSSR count). The summed E-state index contributed by atoms with van der Waals surface area (Å²) in [4.78, 5) is 23.4. The summed E-state index contributed by atoms with van der Waals surface area (Å²) in [5, 5.41) is 7.84. The molecule has 0 atom stereocenters. The summed E-state index contributed by atoms with van der Waals surface area (Å²) in [6, 6.07) is 3.26. The van der Waals surface area contributed by atoms with Crippen LogP contribution < -0.4 is 0 Å². The summed E-state index contributed by atoms with van der Waals surface area (Å²) < 4.78 is 10.7. The SMILES string of the molecule is CCOC(=O)c1nn2ncccc2c1C(=O)OC. The second kappa shape index (κ2) is 4.82. The van der Waals surface area contributed by atoms with E-state index < -0.39 is 11.9 Å². The van der Waals surface area contributed by atoms with Gasteiger partial charge >= 0.3 is 11.9 Å². The number of ether oxygens (including phenoxy) is 2. The van der Waals surface area contributed by atoms with Gasteiger partial charge in [0.2, 0.25) is 0 Å². The van der Waals surface area contributed by atoms with Crippen LogP contribution in [0, 0.1) is 0 Å². The monoisotopic (exact) mass is 249 g/mol. The zero-order valence-corrected chi connectivity index (χ0v) is 9.91. The minimum Gasteiger partial charge on any atom is -0.465 e. The third-order valence-corrected chi connectivity index (χ3v) is 2.28. The summed E-state index contributed by atoms with van der Waals surface area (Å²) in [7, 11) is 1.23. The molecule has 0 fully saturated rings. The maximum atomic E-state index is 11.7. The van der Waals surface area contributed by atoms with Gasteiger partial charge in [0.15, 0.2) is 5.69 Å². The molecule has 0 N–H and O–H groups in total. The number of carbonyl (C=O) groups is 2. The van der Waals surface area contributed by atoms with Crippen LogP contribution in [0.4, 0.5) is 0 Å². The lowest BCUT2D eigenvalue weighted by atomic mass is 10.2. The Morgan fingerprint density at radius 3 is 2.83 bits per heavy atom. The molecule has 0 bridgehead atoms. The number of hydrogen-bond donors (Lipinski definition) is 0. The van der Waals surface area contributed by atoms with Crippen LogP contribution in [0.25, 0.3) is 5.52 Å². The lowest BCUT2D eigenvalue weighted by molar-refractivity contribution is 0.0498. The Hall–Kier alpha value is -2.44. The van der Waals surface area contributed by atoms with Crippen molar-refractivity contribution in [3.05, 3.63) is 29.6 Å². The zero-order chi connectivity index (χ0) is 13.1. The van der Waals surface area contributed by atoms with Gasteiger partial charge in [-0.15, -0.1) is 9.73 Å². The van der Waals surface area contributed by atoms with Crippen molar-refractivity contribution in [1.82, 2.24) is 14.8 Å². The Morgan fingerprint density at radius 1 is 1.39 bits per heavy atom. The Kier molecular flexibility index (Phi) is 3.22. The predicted octanol–water partition coefficient (Wildman–Crippen LogP) is 0.693. The fourth-order valence-corrected chi connectivity index (χ4v) is 1.54. The van der Waals surface area contributed by atoms with Crippen molar-refractivity contribution in [2.24, 2.45) is 0 Å². The van der Waals surface area contributed by atoms with E-state index in [0.29, 0.717) is 5.52 Å². The Morgan fingerprint density at radius 2 is 2.17 bits per heavy atom. The first-order chi connectivity index (χ1) is 8.69. The number of hydrogen-bond acceptors (Lipinski definition) is 6. The van der Waals surface area contributed by atoms with Gasteiger partial charge in [0, 0.05) is 6.20 Å². The molecule has 0 aliphatic heterocycles. The Balaban J connectivity index is 2.64. The van der Waals surface area contributed by atoms with Crippen molar-refractivity contribution in [2.75, 3.05) is 13.7 Å². The van der Waals surface area contributed by atoms with Crippen molar-refractivity contribution >= 4 is 17.5 Å². The second-order valence-electron chi connectivity index (χ2n) is 3.33. The number of aromatic nitrogens is 3. The first-order valence-electron chi connectivity index (χ1n) is 5.28. The fourth-order valence-electron chi connectivity index (χ4n) is 1.54. The molecule has 0 radical (unpaired) electrons. The number of carbonyl (C=O) groups excluding carboxylic acids is 2. The van der Waals surface area contributed by atoms with E-state index >= 15 is 0 Å². The molecule has 18 heavy (non-hydrogen) atoms. The summed E-state index contributed by atoms with van der Waals surface area (Å²) >= 11 is 0. The van der Waals surface area contributed by atoms with E-state index in [4.69, 9.17) is 4.74 Å². The molecule has 94 valence electrons. The van der Waals surface area contributed by atoms with Crippen molar-refractivity contribution in [1.29, 1.82) is 0 Å². The summed E-state index contributed by atoms with van der Waals surface area (Å²) in [5.74, 6) is -1.33. The normalized spacial score (nSPS) is 10.3. The van der Waals surface area contributed by atoms with Crippen LogP contribution in [-0.4, -0.2) is 40.5 Å². The summed E-state index contributed by atoms with van der Waals surface area (Å²) in [6.45, 7) is 1.87. The molecular weight excluding hydrogens is 238 g/mol. The number of fused-ring (bicyclic) bond motifs is 1. The highest BCUT2D eigenvalue weighted by molar-refractivity contribution is 6.06. The molecule has 2 aromatic heterocycles. The average molecular weight is 249 g/mol. The Labute approximate surface area is 102 Å². The highest BCUT2D eigenvalue weighted by atomic mass is 16.5. The molecule has 0 saturated heterocycles. The van der Waals surface area contributed by atoms with Crippen molar-refractivity contribution < 1.29 is 19.1 Å². The third kappa shape index (κ3) is 1.90. The lowest BCUT2D eigenvalue weighted by Crippen LogP contribution is -2.12. The largest absolute Gasteiger partial charge is 0.465 e. The van der Waals surface area contributed by atoms with Gasteiger partial charge in [0.05, 0.1) is 13.7 Å². The van der Waals surface area contributed by atoms with Gasteiger partial charge in [-0.25, -0.2) is 9.59 Å². The molecular formula is C11H11N3O4. The lowest BCUT2D eigenvalue weighted by Gasteiger charge is -2.00. The van der Waals surface area contributed by atoms with Gasteiger partial charge in [0.25, 0.3) is 0 Å². The van der Waals surface area contributed by atoms with E-state index in [1.807, 2.05) is 0 Å². The molecule has 2 heterocycles. The highest BCUT2D eigenvalue weighted by Gasteiger charge is 2.26. The van der Waals surface area contributed by atoms with Crippen LogP contribution in [0.2, 0.25) is 0 Å². The van der Waals surface area contributed by atoms with E-state index in [1.54, 1.807) is 19.1 Å². The van der Waals surface area contributed by atoms with Crippen molar-refractivity contribution in [3.8, 4) is 0 Å². The van der Waals surface area contributed by atoms with E-state index in [0.717, 1.165) is 0 Å². The molecule has 2 aromatic rings. The predicted molar refractivity (Wildman–Crippen MR) is 60.3 cm³/mol. The van der Waals surface area contributed by atoms with Gasteiger partial charge in [-0.1, -0.05) is 0 Å². The smallest absolute Gasteiger partial charge is 0.359 e. The van der Waals surface area contributed by atoms with E-state index in [1.165, 1.54) is 17.9 Å². The highest BCUT2D eigenvalue weighted by Crippen LogP contribution is 2.16. The van der Waals surface area contributed by atoms with Crippen molar-refractivity contribution in [2.45, 2.75) is 6.92 Å². The minimum atomic E-state index is -0.677. The van der Waals surface area contributed by atoms with Gasteiger partial charge in [0.1, 0.15) is 11.1 Å². The topological polar surface area (TPSA) is 82.8 Å². The Bertz CT molecular complexity index is 605. The van der Waals surface area contributed by atoms with Gasteiger partial charge < -0.3 is 9.47 Å². The summed E-state index contributed by atoms with van der Waals surface area (Å²) in [6.07, 6.45) is 1.50. The maximum Gasteiger partial charge on any atom is 0.359 e. The molecule has 7 nitrogen and oxygen atoms in total. The van der Waals surface area contributed by atoms with Crippen LogP contribution in [0.15, 0.2) is 18.3 Å². The minimum absolute atomic E-state index is 0.0593. The molecule has 0 unspecified atom stereocenters. The summed E-state index contributed by atoms with van der Waals surface area (Å²) in [5.41, 5.74) is 0.360. The third-order valence-electron chi connectivity index (χ3n) is 2.28. The van der Waals surface area contributed by atoms with E-state index in [2.05, 4.69) is 14.9 Å². The number of methoxy groups -OCH3 is 1. The molecule has 0 aliphatic carbocycles. The van der Waals surface area contributed by atoms with Crippen molar-refractivity contribution in [3.63, 3.8) is 0 Å². The zero-order valence-electron chi connectivity index (χ0n) is 9.91. The molecule has 0 saturated carbocycles. The average Bonchev–Trinajstić information content (AvgIpc) is 2.77. The maximum absolute atomic E-state index is 11.7. The molecule has 0 aromatic carbocycles. The first-order valence-corrected chi connectivity index (χ1v) is 5.28. The number of nitrogens with zero attached hydrogens (tertiary/aromatic N) is 3.